The molecule has 1 N–H and O–H groups in total. The zero-order valence-corrected chi connectivity index (χ0v) is 13.8. The Hall–Kier alpha value is -1.70. The first-order valence-corrected chi connectivity index (χ1v) is 9.13. The second kappa shape index (κ2) is 6.43. The third kappa shape index (κ3) is 3.31. The molecule has 1 aromatic carbocycles. The Labute approximate surface area is 135 Å². The summed E-state index contributed by atoms with van der Waals surface area (Å²) in [5, 5.41) is 3.75. The van der Waals surface area contributed by atoms with Crippen molar-refractivity contribution in [3.8, 4) is 0 Å². The van der Waals surface area contributed by atoms with Crippen LogP contribution in [0.25, 0.3) is 11.0 Å². The highest BCUT2D eigenvalue weighted by Gasteiger charge is 2.29. The lowest BCUT2D eigenvalue weighted by Gasteiger charge is -2.31. The number of rotatable bonds is 4. The molecule has 2 heterocycles. The highest BCUT2D eigenvalue weighted by molar-refractivity contribution is 7.89. The maximum Gasteiger partial charge on any atom is 0.336 e. The lowest BCUT2D eigenvalue weighted by molar-refractivity contribution is 0.270. The van der Waals surface area contributed by atoms with Crippen LogP contribution in [-0.2, 0) is 10.0 Å². The Morgan fingerprint density at radius 2 is 1.96 bits per heavy atom. The van der Waals surface area contributed by atoms with Crippen LogP contribution < -0.4 is 10.9 Å². The lowest BCUT2D eigenvalue weighted by atomic mass is 9.98. The normalized spacial score (nSPS) is 17.6. The van der Waals surface area contributed by atoms with Crippen molar-refractivity contribution in [2.75, 3.05) is 26.7 Å². The molecule has 6 nitrogen and oxygen atoms in total. The van der Waals surface area contributed by atoms with Crippen LogP contribution in [0.3, 0.4) is 0 Å². The van der Waals surface area contributed by atoms with E-state index < -0.39 is 15.6 Å². The van der Waals surface area contributed by atoms with Gasteiger partial charge in [0.1, 0.15) is 5.58 Å². The largest absolute Gasteiger partial charge is 0.423 e. The van der Waals surface area contributed by atoms with Gasteiger partial charge in [-0.25, -0.2) is 13.2 Å². The number of nitrogens with zero attached hydrogens (tertiary/aromatic N) is 1. The maximum absolute atomic E-state index is 12.8. The van der Waals surface area contributed by atoms with Gasteiger partial charge in [0.25, 0.3) is 0 Å². The third-order valence-electron chi connectivity index (χ3n) is 4.29. The van der Waals surface area contributed by atoms with Crippen LogP contribution in [0, 0.1) is 5.92 Å². The van der Waals surface area contributed by atoms with E-state index in [0.717, 1.165) is 19.4 Å². The number of hydrogen-bond acceptors (Lipinski definition) is 5. The first-order chi connectivity index (χ1) is 11.0. The van der Waals surface area contributed by atoms with E-state index in [4.69, 9.17) is 4.42 Å². The summed E-state index contributed by atoms with van der Waals surface area (Å²) in [4.78, 5) is 11.4. The van der Waals surface area contributed by atoms with Gasteiger partial charge in [-0.15, -0.1) is 0 Å². The molecule has 1 saturated heterocycles. The second-order valence-corrected chi connectivity index (χ2v) is 7.80. The Bertz CT molecular complexity index is 852. The van der Waals surface area contributed by atoms with Crippen molar-refractivity contribution in [1.82, 2.24) is 9.62 Å². The fourth-order valence-electron chi connectivity index (χ4n) is 3.00. The van der Waals surface area contributed by atoms with Crippen LogP contribution in [0.1, 0.15) is 12.8 Å². The minimum Gasteiger partial charge on any atom is -0.423 e. The zero-order valence-electron chi connectivity index (χ0n) is 13.0. The quantitative estimate of drug-likeness (QED) is 0.854. The highest BCUT2D eigenvalue weighted by atomic mass is 32.2. The topological polar surface area (TPSA) is 79.6 Å². The van der Waals surface area contributed by atoms with Crippen molar-refractivity contribution < 1.29 is 12.8 Å². The molecule has 3 rings (SSSR count). The lowest BCUT2D eigenvalue weighted by Crippen LogP contribution is -2.40. The van der Waals surface area contributed by atoms with E-state index in [-0.39, 0.29) is 4.90 Å². The molecule has 0 aliphatic carbocycles. The molecule has 0 unspecified atom stereocenters. The monoisotopic (exact) mass is 336 g/mol. The van der Waals surface area contributed by atoms with Crippen LogP contribution in [0.5, 0.6) is 0 Å². The van der Waals surface area contributed by atoms with Gasteiger partial charge in [-0.05, 0) is 56.6 Å². The summed E-state index contributed by atoms with van der Waals surface area (Å²) >= 11 is 0. The summed E-state index contributed by atoms with van der Waals surface area (Å²) in [6, 6.07) is 7.48. The Balaban J connectivity index is 1.85. The molecule has 0 radical (unpaired) electrons. The summed E-state index contributed by atoms with van der Waals surface area (Å²) in [7, 11) is -1.60. The highest BCUT2D eigenvalue weighted by Crippen LogP contribution is 2.25. The average Bonchev–Trinajstić information content (AvgIpc) is 2.55. The molecule has 1 aliphatic rings. The summed E-state index contributed by atoms with van der Waals surface area (Å²) in [5.74, 6) is 0.525. The van der Waals surface area contributed by atoms with E-state index in [1.165, 1.54) is 18.2 Å². The summed E-state index contributed by atoms with van der Waals surface area (Å²) in [6.45, 7) is 2.00. The molecule has 124 valence electrons. The molecule has 0 bridgehead atoms. The van der Waals surface area contributed by atoms with Gasteiger partial charge in [-0.1, -0.05) is 0 Å². The molecule has 0 amide bonds. The van der Waals surface area contributed by atoms with E-state index in [0.29, 0.717) is 30.0 Å². The standard InChI is InChI=1S/C16H20N2O4S/c1-17-11-12-6-8-18(9-7-12)23(20,21)14-3-4-15-13(10-14)2-5-16(19)22-15/h2-5,10,12,17H,6-9,11H2,1H3. The van der Waals surface area contributed by atoms with E-state index in [1.54, 1.807) is 16.4 Å². The van der Waals surface area contributed by atoms with Gasteiger partial charge < -0.3 is 9.73 Å². The summed E-state index contributed by atoms with van der Waals surface area (Å²) < 4.78 is 32.1. The number of sulfonamides is 1. The second-order valence-electron chi connectivity index (χ2n) is 5.86. The zero-order chi connectivity index (χ0) is 16.4. The van der Waals surface area contributed by atoms with Gasteiger partial charge in [0, 0.05) is 24.5 Å². The predicted octanol–water partition coefficient (Wildman–Crippen LogP) is 1.41. The van der Waals surface area contributed by atoms with Gasteiger partial charge >= 0.3 is 5.63 Å². The molecule has 0 saturated carbocycles. The number of benzene rings is 1. The molecule has 1 fully saturated rings. The SMILES string of the molecule is CNCC1CCN(S(=O)(=O)c2ccc3oc(=O)ccc3c2)CC1. The Morgan fingerprint density at radius 3 is 2.65 bits per heavy atom. The molecule has 0 atom stereocenters. The van der Waals surface area contributed by atoms with Crippen LogP contribution >= 0.6 is 0 Å². The minimum absolute atomic E-state index is 0.242. The molecule has 0 spiro atoms. The van der Waals surface area contributed by atoms with Crippen molar-refractivity contribution in [3.63, 3.8) is 0 Å². The molecule has 7 heteroatoms. The fourth-order valence-corrected chi connectivity index (χ4v) is 4.51. The molecule has 1 aromatic heterocycles. The number of nitrogens with one attached hydrogen (secondary N) is 1. The fraction of sp³-hybridized carbons (Fsp3) is 0.438. The van der Waals surface area contributed by atoms with Gasteiger partial charge in [-0.2, -0.15) is 4.31 Å². The molecule has 23 heavy (non-hydrogen) atoms. The number of fused-ring (bicyclic) bond motifs is 1. The van der Waals surface area contributed by atoms with Gasteiger partial charge in [-0.3, -0.25) is 0 Å². The molecule has 2 aromatic rings. The van der Waals surface area contributed by atoms with E-state index in [9.17, 15) is 13.2 Å². The smallest absolute Gasteiger partial charge is 0.336 e. The van der Waals surface area contributed by atoms with Crippen molar-refractivity contribution in [2.24, 2.45) is 5.92 Å². The predicted molar refractivity (Wildman–Crippen MR) is 87.9 cm³/mol. The van der Waals surface area contributed by atoms with E-state index in [1.807, 2.05) is 7.05 Å². The third-order valence-corrected chi connectivity index (χ3v) is 6.19. The van der Waals surface area contributed by atoms with Crippen LogP contribution in [0.15, 0.2) is 44.4 Å². The Kier molecular flexibility index (Phi) is 4.52. The number of piperidine rings is 1. The van der Waals surface area contributed by atoms with Crippen molar-refractivity contribution in [2.45, 2.75) is 17.7 Å². The Morgan fingerprint density at radius 1 is 1.22 bits per heavy atom. The maximum atomic E-state index is 12.8. The van der Waals surface area contributed by atoms with Crippen LogP contribution in [0.2, 0.25) is 0 Å². The van der Waals surface area contributed by atoms with Gasteiger partial charge in [0.2, 0.25) is 10.0 Å². The number of hydrogen-bond donors (Lipinski definition) is 1. The van der Waals surface area contributed by atoms with Crippen molar-refractivity contribution in [3.05, 3.63) is 40.8 Å². The molecular weight excluding hydrogens is 316 g/mol. The van der Waals surface area contributed by atoms with Gasteiger partial charge in [0.15, 0.2) is 0 Å². The molecule has 1 aliphatic heterocycles. The van der Waals surface area contributed by atoms with Crippen LogP contribution in [-0.4, -0.2) is 39.4 Å². The van der Waals surface area contributed by atoms with Crippen molar-refractivity contribution in [1.29, 1.82) is 0 Å². The summed E-state index contributed by atoms with van der Waals surface area (Å²) in [5.41, 5.74) is -0.0520. The van der Waals surface area contributed by atoms with E-state index in [2.05, 4.69) is 5.32 Å². The van der Waals surface area contributed by atoms with Crippen molar-refractivity contribution >= 4 is 21.0 Å². The average molecular weight is 336 g/mol. The minimum atomic E-state index is -3.51. The molecular formula is C16H20N2O4S. The van der Waals surface area contributed by atoms with Gasteiger partial charge in [0.05, 0.1) is 4.90 Å². The first kappa shape index (κ1) is 16.2. The van der Waals surface area contributed by atoms with E-state index >= 15 is 0 Å². The first-order valence-electron chi connectivity index (χ1n) is 7.69. The summed E-state index contributed by atoms with van der Waals surface area (Å²) in [6.07, 6.45) is 1.73. The van der Waals surface area contributed by atoms with Crippen LogP contribution in [0.4, 0.5) is 0 Å².